The first-order valence-corrected chi connectivity index (χ1v) is 7.05. The second kappa shape index (κ2) is 8.14. The van der Waals surface area contributed by atoms with E-state index in [2.05, 4.69) is 5.32 Å². The first kappa shape index (κ1) is 17.6. The average Bonchev–Trinajstić information content (AvgIpc) is 2.51. The predicted molar refractivity (Wildman–Crippen MR) is 83.5 cm³/mol. The van der Waals surface area contributed by atoms with Gasteiger partial charge in [-0.1, -0.05) is 30.3 Å². The molecule has 0 aliphatic rings. The Kier molecular flexibility index (Phi) is 6.52. The molecule has 0 aliphatic heterocycles. The van der Waals surface area contributed by atoms with Gasteiger partial charge in [0.2, 0.25) is 0 Å². The van der Waals surface area contributed by atoms with E-state index in [0.29, 0.717) is 18.5 Å². The van der Waals surface area contributed by atoms with Crippen LogP contribution in [0.4, 0.5) is 0 Å². The van der Waals surface area contributed by atoms with E-state index in [9.17, 15) is 9.59 Å². The summed E-state index contributed by atoms with van der Waals surface area (Å²) >= 11 is 0. The summed E-state index contributed by atoms with van der Waals surface area (Å²) in [5, 5.41) is 9.68. The van der Waals surface area contributed by atoms with Gasteiger partial charge in [-0.2, -0.15) is 0 Å². The van der Waals surface area contributed by atoms with Crippen LogP contribution in [0.3, 0.4) is 0 Å². The molecule has 0 heterocycles. The Balaban J connectivity index is 2.88. The number of esters is 1. The first-order valence-electron chi connectivity index (χ1n) is 7.05. The molecule has 1 aromatic carbocycles. The number of hydrogen-bond donors (Lipinski definition) is 4. The molecule has 0 bridgehead atoms. The van der Waals surface area contributed by atoms with E-state index in [1.807, 2.05) is 0 Å². The fourth-order valence-corrected chi connectivity index (χ4v) is 2.01. The molecule has 1 unspecified atom stereocenters. The summed E-state index contributed by atoms with van der Waals surface area (Å²) in [6.45, 7) is 2.14. The lowest BCUT2D eigenvalue weighted by Crippen LogP contribution is -2.56. The van der Waals surface area contributed by atoms with Crippen molar-refractivity contribution < 1.29 is 14.3 Å². The van der Waals surface area contributed by atoms with Gasteiger partial charge in [0.05, 0.1) is 6.61 Å². The van der Waals surface area contributed by atoms with E-state index < -0.39 is 17.3 Å². The molecular weight excluding hydrogens is 284 g/mol. The SMILES string of the molecule is CCOC(=O)C(N)(CCCNC(=N)N)C(=O)c1ccccc1. The minimum absolute atomic E-state index is 0.0971. The molecule has 1 aromatic rings. The van der Waals surface area contributed by atoms with Crippen LogP contribution in [0.15, 0.2) is 30.3 Å². The molecule has 0 spiro atoms. The van der Waals surface area contributed by atoms with Crippen molar-refractivity contribution in [3.63, 3.8) is 0 Å². The van der Waals surface area contributed by atoms with Crippen LogP contribution < -0.4 is 16.8 Å². The molecule has 22 heavy (non-hydrogen) atoms. The van der Waals surface area contributed by atoms with Crippen molar-refractivity contribution in [3.8, 4) is 0 Å². The Bertz CT molecular complexity index is 533. The molecule has 6 N–H and O–H groups in total. The third kappa shape index (κ3) is 4.56. The number of hydrogen-bond acceptors (Lipinski definition) is 5. The summed E-state index contributed by atoms with van der Waals surface area (Å²) < 4.78 is 4.96. The van der Waals surface area contributed by atoms with Crippen LogP contribution in [-0.2, 0) is 9.53 Å². The van der Waals surface area contributed by atoms with Gasteiger partial charge in [0.25, 0.3) is 0 Å². The molecule has 0 aliphatic carbocycles. The number of nitrogens with two attached hydrogens (primary N) is 2. The Morgan fingerprint density at radius 1 is 1.32 bits per heavy atom. The number of nitrogens with one attached hydrogen (secondary N) is 2. The Morgan fingerprint density at radius 2 is 1.95 bits per heavy atom. The fraction of sp³-hybridized carbons (Fsp3) is 0.400. The van der Waals surface area contributed by atoms with Crippen LogP contribution >= 0.6 is 0 Å². The summed E-state index contributed by atoms with van der Waals surface area (Å²) in [6.07, 6.45) is 0.493. The second-order valence-electron chi connectivity index (χ2n) is 4.83. The van der Waals surface area contributed by atoms with Crippen LogP contribution in [0.25, 0.3) is 0 Å². The molecule has 7 nitrogen and oxygen atoms in total. The third-order valence-electron chi connectivity index (χ3n) is 3.14. The monoisotopic (exact) mass is 306 g/mol. The van der Waals surface area contributed by atoms with Crippen molar-refractivity contribution in [1.82, 2.24) is 5.32 Å². The molecule has 0 saturated heterocycles. The van der Waals surface area contributed by atoms with Gasteiger partial charge in [-0.3, -0.25) is 10.2 Å². The van der Waals surface area contributed by atoms with Crippen LogP contribution in [0.2, 0.25) is 0 Å². The molecule has 1 rings (SSSR count). The Morgan fingerprint density at radius 3 is 2.50 bits per heavy atom. The van der Waals surface area contributed by atoms with Gasteiger partial charge in [0.1, 0.15) is 0 Å². The number of ketones is 1. The topological polar surface area (TPSA) is 131 Å². The standard InChI is InChI=1S/C15H22N4O3/c1-2-22-13(21)15(18,9-6-10-19-14(16)17)12(20)11-7-4-3-5-8-11/h3-5,7-8H,2,6,9-10,18H2,1H3,(H4,16,17,19). The number of benzene rings is 1. The van der Waals surface area contributed by atoms with Crippen LogP contribution in [0.5, 0.6) is 0 Å². The van der Waals surface area contributed by atoms with Gasteiger partial charge in [0.15, 0.2) is 17.3 Å². The van der Waals surface area contributed by atoms with Gasteiger partial charge < -0.3 is 21.5 Å². The smallest absolute Gasteiger partial charge is 0.334 e. The number of Topliss-reactive ketones (excluding diaryl/α,β-unsaturated/α-hetero) is 1. The second-order valence-corrected chi connectivity index (χ2v) is 4.83. The molecular formula is C15H22N4O3. The van der Waals surface area contributed by atoms with Gasteiger partial charge in [-0.25, -0.2) is 4.79 Å². The highest BCUT2D eigenvalue weighted by atomic mass is 16.5. The van der Waals surface area contributed by atoms with Crippen molar-refractivity contribution in [2.75, 3.05) is 13.2 Å². The van der Waals surface area contributed by atoms with Gasteiger partial charge >= 0.3 is 5.97 Å². The highest BCUT2D eigenvalue weighted by molar-refractivity contribution is 6.16. The molecule has 120 valence electrons. The van der Waals surface area contributed by atoms with E-state index in [1.165, 1.54) is 0 Å². The average molecular weight is 306 g/mol. The lowest BCUT2D eigenvalue weighted by molar-refractivity contribution is -0.147. The molecule has 0 amide bonds. The van der Waals surface area contributed by atoms with Gasteiger partial charge in [-0.05, 0) is 19.8 Å². The van der Waals surface area contributed by atoms with Gasteiger partial charge in [-0.15, -0.1) is 0 Å². The number of rotatable bonds is 8. The maximum atomic E-state index is 12.6. The summed E-state index contributed by atoms with van der Waals surface area (Å²) in [4.78, 5) is 24.8. The molecule has 0 aromatic heterocycles. The summed E-state index contributed by atoms with van der Waals surface area (Å²) in [5.41, 5.74) is 9.88. The van der Waals surface area contributed by atoms with Crippen molar-refractivity contribution in [2.45, 2.75) is 25.3 Å². The Hall–Kier alpha value is -2.41. The zero-order valence-corrected chi connectivity index (χ0v) is 12.6. The molecule has 7 heteroatoms. The zero-order valence-electron chi connectivity index (χ0n) is 12.6. The maximum Gasteiger partial charge on any atom is 0.334 e. The van der Waals surface area contributed by atoms with E-state index in [-0.39, 0.29) is 19.0 Å². The number of guanidine groups is 1. The van der Waals surface area contributed by atoms with Crippen LogP contribution in [-0.4, -0.2) is 36.4 Å². The highest BCUT2D eigenvalue weighted by Gasteiger charge is 2.43. The minimum atomic E-state index is -1.74. The fourth-order valence-electron chi connectivity index (χ4n) is 2.01. The normalized spacial score (nSPS) is 13.0. The summed E-state index contributed by atoms with van der Waals surface area (Å²) in [6, 6.07) is 8.40. The molecule has 0 radical (unpaired) electrons. The summed E-state index contributed by atoms with van der Waals surface area (Å²) in [7, 11) is 0. The number of ether oxygens (including phenoxy) is 1. The highest BCUT2D eigenvalue weighted by Crippen LogP contribution is 2.19. The Labute approximate surface area is 129 Å². The van der Waals surface area contributed by atoms with Crippen LogP contribution in [0, 0.1) is 5.41 Å². The molecule has 0 saturated carbocycles. The lowest BCUT2D eigenvalue weighted by Gasteiger charge is -2.25. The zero-order chi connectivity index (χ0) is 16.6. The van der Waals surface area contributed by atoms with Gasteiger partial charge in [0, 0.05) is 12.1 Å². The first-order chi connectivity index (χ1) is 10.4. The minimum Gasteiger partial charge on any atom is -0.464 e. The largest absolute Gasteiger partial charge is 0.464 e. The van der Waals surface area contributed by atoms with E-state index >= 15 is 0 Å². The van der Waals surface area contributed by atoms with Crippen molar-refractivity contribution >= 4 is 17.7 Å². The maximum absolute atomic E-state index is 12.6. The lowest BCUT2D eigenvalue weighted by atomic mass is 9.86. The van der Waals surface area contributed by atoms with Crippen molar-refractivity contribution in [1.29, 1.82) is 5.41 Å². The number of carbonyl (C=O) groups excluding carboxylic acids is 2. The number of carbonyl (C=O) groups is 2. The third-order valence-corrected chi connectivity index (χ3v) is 3.14. The van der Waals surface area contributed by atoms with Crippen LogP contribution in [0.1, 0.15) is 30.1 Å². The van der Waals surface area contributed by atoms with E-state index in [0.717, 1.165) is 0 Å². The molecule has 1 atom stereocenters. The van der Waals surface area contributed by atoms with E-state index in [4.69, 9.17) is 21.6 Å². The van der Waals surface area contributed by atoms with Crippen molar-refractivity contribution in [3.05, 3.63) is 35.9 Å². The quantitative estimate of drug-likeness (QED) is 0.137. The summed E-state index contributed by atoms with van der Waals surface area (Å²) in [5.74, 6) is -1.39. The van der Waals surface area contributed by atoms with Crippen molar-refractivity contribution in [2.24, 2.45) is 11.5 Å². The molecule has 0 fully saturated rings. The van der Waals surface area contributed by atoms with E-state index in [1.54, 1.807) is 37.3 Å². The predicted octanol–water partition coefficient (Wildman–Crippen LogP) is 0.393.